The van der Waals surface area contributed by atoms with Crippen LogP contribution in [0.3, 0.4) is 0 Å². The van der Waals surface area contributed by atoms with E-state index in [1.807, 2.05) is 24.3 Å². The molecule has 0 unspecified atom stereocenters. The van der Waals surface area contributed by atoms with Crippen LogP contribution in [0.15, 0.2) is 54.6 Å². The summed E-state index contributed by atoms with van der Waals surface area (Å²) in [5, 5.41) is 3.85. The van der Waals surface area contributed by atoms with Crippen LogP contribution in [-0.4, -0.2) is 16.9 Å². The molecule has 1 aromatic heterocycles. The molecule has 114 valence electrons. The van der Waals surface area contributed by atoms with Crippen LogP contribution in [0, 0.1) is 5.82 Å². The van der Waals surface area contributed by atoms with Gasteiger partial charge in [0.2, 0.25) is 0 Å². The Bertz CT molecular complexity index is 886. The maximum absolute atomic E-state index is 13.1. The van der Waals surface area contributed by atoms with Crippen molar-refractivity contribution in [3.05, 3.63) is 66.0 Å². The molecule has 1 saturated carbocycles. The fraction of sp³-hybridized carbons (Fsp3) is 0.158. The molecule has 1 amide bonds. The van der Waals surface area contributed by atoms with Crippen LogP contribution in [-0.2, 0) is 0 Å². The van der Waals surface area contributed by atoms with E-state index >= 15 is 0 Å². The van der Waals surface area contributed by atoms with E-state index in [-0.39, 0.29) is 11.7 Å². The zero-order chi connectivity index (χ0) is 15.8. The smallest absolute Gasteiger partial charge is 0.252 e. The largest absolute Gasteiger partial charge is 0.349 e. The van der Waals surface area contributed by atoms with E-state index in [0.717, 1.165) is 29.3 Å². The first-order valence-electron chi connectivity index (χ1n) is 7.67. The number of rotatable bonds is 3. The number of carbonyl (C=O) groups is 1. The summed E-state index contributed by atoms with van der Waals surface area (Å²) >= 11 is 0. The molecule has 1 fully saturated rings. The number of fused-ring (bicyclic) bond motifs is 1. The summed E-state index contributed by atoms with van der Waals surface area (Å²) in [6.45, 7) is 0. The van der Waals surface area contributed by atoms with Crippen LogP contribution in [0.1, 0.15) is 23.2 Å². The van der Waals surface area contributed by atoms with Crippen LogP contribution >= 0.6 is 0 Å². The minimum atomic E-state index is -0.291. The number of amides is 1. The summed E-state index contributed by atoms with van der Waals surface area (Å²) in [5.41, 5.74) is 2.83. The molecule has 1 N–H and O–H groups in total. The summed E-state index contributed by atoms with van der Waals surface area (Å²) in [7, 11) is 0. The maximum Gasteiger partial charge on any atom is 0.252 e. The van der Waals surface area contributed by atoms with Gasteiger partial charge in [-0.25, -0.2) is 9.37 Å². The summed E-state index contributed by atoms with van der Waals surface area (Å²) in [6.07, 6.45) is 2.08. The zero-order valence-electron chi connectivity index (χ0n) is 12.4. The lowest BCUT2D eigenvalue weighted by atomic mass is 10.0. The van der Waals surface area contributed by atoms with Crippen LogP contribution in [0.2, 0.25) is 0 Å². The minimum Gasteiger partial charge on any atom is -0.349 e. The fourth-order valence-corrected chi connectivity index (χ4v) is 2.62. The molecule has 0 spiro atoms. The monoisotopic (exact) mass is 306 g/mol. The molecule has 4 heteroatoms. The molecule has 0 radical (unpaired) electrons. The van der Waals surface area contributed by atoms with Gasteiger partial charge >= 0.3 is 0 Å². The maximum atomic E-state index is 13.1. The van der Waals surface area contributed by atoms with Gasteiger partial charge in [-0.05, 0) is 49.2 Å². The minimum absolute atomic E-state index is 0.0746. The van der Waals surface area contributed by atoms with Gasteiger partial charge in [-0.3, -0.25) is 4.79 Å². The molecule has 0 aliphatic heterocycles. The van der Waals surface area contributed by atoms with Crippen molar-refractivity contribution < 1.29 is 9.18 Å². The molecule has 0 bridgehead atoms. The summed E-state index contributed by atoms with van der Waals surface area (Å²) < 4.78 is 13.1. The molecular weight excluding hydrogens is 291 g/mol. The number of hydrogen-bond acceptors (Lipinski definition) is 2. The Kier molecular flexibility index (Phi) is 3.30. The molecule has 1 aliphatic carbocycles. The van der Waals surface area contributed by atoms with Crippen molar-refractivity contribution in [1.82, 2.24) is 10.3 Å². The van der Waals surface area contributed by atoms with Gasteiger partial charge in [0.25, 0.3) is 5.91 Å². The molecule has 1 aliphatic rings. The van der Waals surface area contributed by atoms with Crippen molar-refractivity contribution in [1.29, 1.82) is 0 Å². The van der Waals surface area contributed by atoms with Crippen molar-refractivity contribution in [2.75, 3.05) is 0 Å². The Morgan fingerprint density at radius 1 is 1.09 bits per heavy atom. The third-order valence-electron chi connectivity index (χ3n) is 4.01. The molecule has 23 heavy (non-hydrogen) atoms. The van der Waals surface area contributed by atoms with Crippen molar-refractivity contribution in [2.24, 2.45) is 0 Å². The van der Waals surface area contributed by atoms with Gasteiger partial charge < -0.3 is 5.32 Å². The van der Waals surface area contributed by atoms with Gasteiger partial charge in [-0.1, -0.05) is 18.2 Å². The number of nitrogens with one attached hydrogen (secondary N) is 1. The Balaban J connectivity index is 1.85. The molecule has 2 aromatic carbocycles. The summed E-state index contributed by atoms with van der Waals surface area (Å²) in [5.74, 6) is -0.365. The third kappa shape index (κ3) is 2.80. The van der Waals surface area contributed by atoms with E-state index in [1.54, 1.807) is 18.2 Å². The van der Waals surface area contributed by atoms with Gasteiger partial charge in [-0.15, -0.1) is 0 Å². The van der Waals surface area contributed by atoms with Crippen molar-refractivity contribution >= 4 is 16.8 Å². The third-order valence-corrected chi connectivity index (χ3v) is 4.01. The standard InChI is InChI=1S/C19H15FN2O/c20-13-7-5-12(6-8-13)18-11-16(19(23)21-14-9-10-14)15-3-1-2-4-17(15)22-18/h1-8,11,14H,9-10H2,(H,21,23). The second-order valence-electron chi connectivity index (χ2n) is 5.83. The highest BCUT2D eigenvalue weighted by Gasteiger charge is 2.25. The van der Waals surface area contributed by atoms with Crippen molar-refractivity contribution in [3.8, 4) is 11.3 Å². The molecular formula is C19H15FN2O. The van der Waals surface area contributed by atoms with Gasteiger partial charge in [0.15, 0.2) is 0 Å². The van der Waals surface area contributed by atoms with E-state index in [0.29, 0.717) is 17.3 Å². The SMILES string of the molecule is O=C(NC1CC1)c1cc(-c2ccc(F)cc2)nc2ccccc12. The Hall–Kier alpha value is -2.75. The van der Waals surface area contributed by atoms with Crippen LogP contribution in [0.4, 0.5) is 4.39 Å². The van der Waals surface area contributed by atoms with Gasteiger partial charge in [0.1, 0.15) is 5.82 Å². The predicted molar refractivity (Wildman–Crippen MR) is 87.6 cm³/mol. The number of carbonyl (C=O) groups excluding carboxylic acids is 1. The van der Waals surface area contributed by atoms with E-state index in [2.05, 4.69) is 10.3 Å². The average Bonchev–Trinajstić information content (AvgIpc) is 3.38. The van der Waals surface area contributed by atoms with E-state index in [4.69, 9.17) is 0 Å². The number of nitrogens with zero attached hydrogens (tertiary/aromatic N) is 1. The first-order chi connectivity index (χ1) is 11.2. The highest BCUT2D eigenvalue weighted by Crippen LogP contribution is 2.26. The highest BCUT2D eigenvalue weighted by molar-refractivity contribution is 6.07. The lowest BCUT2D eigenvalue weighted by Crippen LogP contribution is -2.25. The zero-order valence-corrected chi connectivity index (χ0v) is 12.4. The second kappa shape index (κ2) is 5.47. The molecule has 3 nitrogen and oxygen atoms in total. The Morgan fingerprint density at radius 2 is 1.83 bits per heavy atom. The van der Waals surface area contributed by atoms with Gasteiger partial charge in [0, 0.05) is 17.0 Å². The molecule has 1 heterocycles. The van der Waals surface area contributed by atoms with Gasteiger partial charge in [-0.2, -0.15) is 0 Å². The quantitative estimate of drug-likeness (QED) is 0.796. The Labute approximate surface area is 133 Å². The normalized spacial score (nSPS) is 14.0. The first kappa shape index (κ1) is 13.9. The number of pyridine rings is 1. The van der Waals surface area contributed by atoms with Crippen LogP contribution in [0.5, 0.6) is 0 Å². The van der Waals surface area contributed by atoms with Gasteiger partial charge in [0.05, 0.1) is 16.8 Å². The molecule has 0 saturated heterocycles. The van der Waals surface area contributed by atoms with Crippen LogP contribution in [0.25, 0.3) is 22.2 Å². The number of hydrogen-bond donors (Lipinski definition) is 1. The predicted octanol–water partition coefficient (Wildman–Crippen LogP) is 3.93. The first-order valence-corrected chi connectivity index (χ1v) is 7.67. The van der Waals surface area contributed by atoms with Crippen molar-refractivity contribution in [2.45, 2.75) is 18.9 Å². The van der Waals surface area contributed by atoms with E-state index in [1.165, 1.54) is 12.1 Å². The fourth-order valence-electron chi connectivity index (χ4n) is 2.62. The van der Waals surface area contributed by atoms with E-state index in [9.17, 15) is 9.18 Å². The number of halogens is 1. The summed E-state index contributed by atoms with van der Waals surface area (Å²) in [4.78, 5) is 17.2. The number of aromatic nitrogens is 1. The lowest BCUT2D eigenvalue weighted by Gasteiger charge is -2.10. The Morgan fingerprint density at radius 3 is 2.57 bits per heavy atom. The molecule has 0 atom stereocenters. The number of para-hydroxylation sites is 1. The molecule has 3 aromatic rings. The second-order valence-corrected chi connectivity index (χ2v) is 5.83. The molecule has 4 rings (SSSR count). The van der Waals surface area contributed by atoms with E-state index < -0.39 is 0 Å². The highest BCUT2D eigenvalue weighted by atomic mass is 19.1. The van der Waals surface area contributed by atoms with Crippen molar-refractivity contribution in [3.63, 3.8) is 0 Å². The van der Waals surface area contributed by atoms with Crippen LogP contribution < -0.4 is 5.32 Å². The number of benzene rings is 2. The topological polar surface area (TPSA) is 42.0 Å². The lowest BCUT2D eigenvalue weighted by molar-refractivity contribution is 0.0952. The average molecular weight is 306 g/mol. The summed E-state index contributed by atoms with van der Waals surface area (Å²) in [6, 6.07) is 15.8.